The number of hydrogen-bond donors (Lipinski definition) is 2. The van der Waals surface area contributed by atoms with E-state index in [2.05, 4.69) is 20.4 Å². The summed E-state index contributed by atoms with van der Waals surface area (Å²) in [6, 6.07) is 9.00. The molecule has 1 aliphatic carbocycles. The molecule has 4 aromatic rings. The molecule has 0 spiro atoms. The van der Waals surface area contributed by atoms with Crippen molar-refractivity contribution in [1.82, 2.24) is 29.6 Å². The van der Waals surface area contributed by atoms with Crippen molar-refractivity contribution in [1.29, 1.82) is 0 Å². The summed E-state index contributed by atoms with van der Waals surface area (Å²) in [5.41, 5.74) is 1.96. The molecule has 1 aromatic carbocycles. The van der Waals surface area contributed by atoms with Crippen LogP contribution in [0, 0.1) is 0 Å². The topological polar surface area (TPSA) is 111 Å². The third kappa shape index (κ3) is 2.90. The number of aromatic amines is 1. The molecular formula is C19H18N6O3. The van der Waals surface area contributed by atoms with Crippen LogP contribution in [0.3, 0.4) is 0 Å². The van der Waals surface area contributed by atoms with E-state index in [9.17, 15) is 9.59 Å². The van der Waals surface area contributed by atoms with E-state index in [1.807, 2.05) is 0 Å². The fraction of sp³-hybridized carbons (Fsp3) is 0.263. The van der Waals surface area contributed by atoms with Gasteiger partial charge in [0.25, 0.3) is 5.91 Å². The summed E-state index contributed by atoms with van der Waals surface area (Å²) >= 11 is 0. The van der Waals surface area contributed by atoms with Gasteiger partial charge in [-0.05, 0) is 43.2 Å². The van der Waals surface area contributed by atoms with Gasteiger partial charge in [-0.25, -0.2) is 14.5 Å². The van der Waals surface area contributed by atoms with Crippen LogP contribution in [0.4, 0.5) is 0 Å². The first-order chi connectivity index (χ1) is 13.7. The fourth-order valence-electron chi connectivity index (χ4n) is 3.26. The van der Waals surface area contributed by atoms with Crippen molar-refractivity contribution in [2.24, 2.45) is 0 Å². The zero-order chi connectivity index (χ0) is 19.1. The third-order valence-electron chi connectivity index (χ3n) is 4.82. The minimum absolute atomic E-state index is 0.178. The van der Waals surface area contributed by atoms with Crippen LogP contribution in [0.5, 0.6) is 0 Å². The molecule has 0 aliphatic heterocycles. The Hall–Kier alpha value is -3.62. The van der Waals surface area contributed by atoms with E-state index in [1.165, 1.54) is 4.68 Å². The van der Waals surface area contributed by atoms with Gasteiger partial charge in [0.05, 0.1) is 30.2 Å². The van der Waals surface area contributed by atoms with Gasteiger partial charge < -0.3 is 14.7 Å². The molecule has 142 valence electrons. The molecule has 1 saturated carbocycles. The lowest BCUT2D eigenvalue weighted by Gasteiger charge is -2.05. The van der Waals surface area contributed by atoms with E-state index in [0.717, 1.165) is 23.9 Å². The highest BCUT2D eigenvalue weighted by Gasteiger charge is 2.31. The van der Waals surface area contributed by atoms with Gasteiger partial charge in [-0.2, -0.15) is 0 Å². The molecule has 3 aromatic heterocycles. The van der Waals surface area contributed by atoms with Crippen LogP contribution >= 0.6 is 0 Å². The maximum Gasteiger partial charge on any atom is 0.346 e. The van der Waals surface area contributed by atoms with Gasteiger partial charge in [0, 0.05) is 18.2 Å². The number of nitrogens with one attached hydrogen (secondary N) is 2. The van der Waals surface area contributed by atoms with Crippen molar-refractivity contribution >= 4 is 16.9 Å². The van der Waals surface area contributed by atoms with E-state index in [4.69, 9.17) is 4.42 Å². The molecule has 9 heteroatoms. The summed E-state index contributed by atoms with van der Waals surface area (Å²) in [4.78, 5) is 32.2. The molecule has 1 fully saturated rings. The molecule has 0 atom stereocenters. The lowest BCUT2D eigenvalue weighted by molar-refractivity contribution is 0.0952. The molecule has 0 radical (unpaired) electrons. The molecule has 0 saturated heterocycles. The monoisotopic (exact) mass is 378 g/mol. The first-order valence-electron chi connectivity index (χ1n) is 9.15. The summed E-state index contributed by atoms with van der Waals surface area (Å²) in [6.07, 6.45) is 5.08. The van der Waals surface area contributed by atoms with Crippen LogP contribution in [-0.2, 0) is 6.54 Å². The normalized spacial score (nSPS) is 13.9. The molecule has 5 rings (SSSR count). The molecule has 1 amide bonds. The van der Waals surface area contributed by atoms with Gasteiger partial charge in [0.2, 0.25) is 5.82 Å². The van der Waals surface area contributed by atoms with E-state index >= 15 is 0 Å². The second-order valence-electron chi connectivity index (χ2n) is 6.80. The number of imidazole rings is 1. The van der Waals surface area contributed by atoms with E-state index < -0.39 is 0 Å². The van der Waals surface area contributed by atoms with Crippen LogP contribution in [0.15, 0.2) is 52.1 Å². The van der Waals surface area contributed by atoms with E-state index in [1.54, 1.807) is 47.5 Å². The summed E-state index contributed by atoms with van der Waals surface area (Å²) in [5, 5.41) is 7.26. The van der Waals surface area contributed by atoms with Crippen molar-refractivity contribution < 1.29 is 9.21 Å². The highest BCUT2D eigenvalue weighted by Crippen LogP contribution is 2.36. The summed E-state index contributed by atoms with van der Waals surface area (Å²) in [7, 11) is 0. The Balaban J connectivity index is 1.31. The number of furan rings is 1. The quantitative estimate of drug-likeness (QED) is 0.533. The largest absolute Gasteiger partial charge is 0.461 e. The van der Waals surface area contributed by atoms with Gasteiger partial charge in [-0.3, -0.25) is 9.36 Å². The molecule has 28 heavy (non-hydrogen) atoms. The fourth-order valence-corrected chi connectivity index (χ4v) is 3.26. The first-order valence-corrected chi connectivity index (χ1v) is 9.15. The predicted octanol–water partition coefficient (Wildman–Crippen LogP) is 1.95. The lowest BCUT2D eigenvalue weighted by atomic mass is 10.2. The second kappa shape index (κ2) is 6.52. The zero-order valence-corrected chi connectivity index (χ0v) is 15.0. The summed E-state index contributed by atoms with van der Waals surface area (Å²) in [5.74, 6) is 0.894. The van der Waals surface area contributed by atoms with Crippen molar-refractivity contribution in [2.45, 2.75) is 25.4 Å². The first kappa shape index (κ1) is 16.5. The Morgan fingerprint density at radius 1 is 1.32 bits per heavy atom. The smallest absolute Gasteiger partial charge is 0.346 e. The minimum Gasteiger partial charge on any atom is -0.461 e. The van der Waals surface area contributed by atoms with Gasteiger partial charge in [-0.1, -0.05) is 0 Å². The third-order valence-corrected chi connectivity index (χ3v) is 4.82. The molecule has 2 N–H and O–H groups in total. The Bertz CT molecular complexity index is 1200. The van der Waals surface area contributed by atoms with Crippen molar-refractivity contribution in [3.8, 4) is 11.6 Å². The zero-order valence-electron chi connectivity index (χ0n) is 15.0. The van der Waals surface area contributed by atoms with Crippen LogP contribution in [0.1, 0.15) is 29.2 Å². The number of rotatable bonds is 6. The number of H-pyrrole nitrogens is 1. The van der Waals surface area contributed by atoms with E-state index in [0.29, 0.717) is 23.7 Å². The minimum atomic E-state index is -0.211. The second-order valence-corrected chi connectivity index (χ2v) is 6.80. The molecule has 0 unspecified atom stereocenters. The maximum absolute atomic E-state index is 12.7. The van der Waals surface area contributed by atoms with Crippen molar-refractivity contribution in [3.05, 3.63) is 59.0 Å². The van der Waals surface area contributed by atoms with Gasteiger partial charge in [-0.15, -0.1) is 5.10 Å². The molecular weight excluding hydrogens is 360 g/mol. The lowest BCUT2D eigenvalue weighted by Crippen LogP contribution is -2.32. The number of benzene rings is 1. The SMILES string of the molecule is O=C(NCCn1nc(-c2ccco2)n(C2CC2)c1=O)c1ccc2nc[nH]c2c1. The molecule has 0 bridgehead atoms. The number of hydrogen-bond acceptors (Lipinski definition) is 5. The Labute approximate surface area is 159 Å². The van der Waals surface area contributed by atoms with Crippen LogP contribution in [0.25, 0.3) is 22.6 Å². The van der Waals surface area contributed by atoms with Gasteiger partial charge in [0.1, 0.15) is 0 Å². The van der Waals surface area contributed by atoms with E-state index in [-0.39, 0.29) is 24.2 Å². The van der Waals surface area contributed by atoms with Gasteiger partial charge in [0.15, 0.2) is 5.76 Å². The maximum atomic E-state index is 12.7. The average molecular weight is 378 g/mol. The molecule has 3 heterocycles. The summed E-state index contributed by atoms with van der Waals surface area (Å²) in [6.45, 7) is 0.573. The van der Waals surface area contributed by atoms with Crippen LogP contribution < -0.4 is 11.0 Å². The number of carbonyl (C=O) groups is 1. The molecule has 1 aliphatic rings. The number of aromatic nitrogens is 5. The molecule has 9 nitrogen and oxygen atoms in total. The highest BCUT2D eigenvalue weighted by molar-refractivity contribution is 5.97. The summed E-state index contributed by atoms with van der Waals surface area (Å²) < 4.78 is 8.49. The number of nitrogens with zero attached hydrogens (tertiary/aromatic N) is 4. The Morgan fingerprint density at radius 3 is 3.00 bits per heavy atom. The Morgan fingerprint density at radius 2 is 2.21 bits per heavy atom. The highest BCUT2D eigenvalue weighted by atomic mass is 16.3. The van der Waals surface area contributed by atoms with Gasteiger partial charge >= 0.3 is 5.69 Å². The standard InChI is InChI=1S/C19H18N6O3/c26-18(12-3-6-14-15(10-12)22-11-21-14)20-7-8-24-19(27)25(13-4-5-13)17(23-24)16-2-1-9-28-16/h1-3,6,9-11,13H,4-5,7-8H2,(H,20,26)(H,21,22). The van der Waals surface area contributed by atoms with Crippen molar-refractivity contribution in [3.63, 3.8) is 0 Å². The van der Waals surface area contributed by atoms with Crippen LogP contribution in [0.2, 0.25) is 0 Å². The number of carbonyl (C=O) groups excluding carboxylic acids is 1. The van der Waals surface area contributed by atoms with Crippen molar-refractivity contribution in [2.75, 3.05) is 6.54 Å². The number of amides is 1. The average Bonchev–Trinajstić information content (AvgIpc) is 3.11. The number of fused-ring (bicyclic) bond motifs is 1. The Kier molecular flexibility index (Phi) is 3.85. The predicted molar refractivity (Wildman–Crippen MR) is 101 cm³/mol. The van der Waals surface area contributed by atoms with Crippen LogP contribution in [-0.4, -0.2) is 36.8 Å².